The summed E-state index contributed by atoms with van der Waals surface area (Å²) in [5, 5.41) is 16.9. The summed E-state index contributed by atoms with van der Waals surface area (Å²) in [6, 6.07) is 5.80. The quantitative estimate of drug-likeness (QED) is 0.802. The molecule has 0 saturated carbocycles. The van der Waals surface area contributed by atoms with E-state index in [2.05, 4.69) is 10.7 Å². The van der Waals surface area contributed by atoms with Gasteiger partial charge in [-0.05, 0) is 53.4 Å². The lowest BCUT2D eigenvalue weighted by Crippen LogP contribution is -2.40. The van der Waals surface area contributed by atoms with Crippen LogP contribution in [0.1, 0.15) is 41.7 Å². The number of nitrogens with one attached hydrogen (secondary N) is 1. The minimum absolute atomic E-state index is 0.000120. The third-order valence-corrected chi connectivity index (χ3v) is 5.78. The van der Waals surface area contributed by atoms with Crippen LogP contribution in [0.4, 0.5) is 18.9 Å². The van der Waals surface area contributed by atoms with Gasteiger partial charge in [0, 0.05) is 17.2 Å². The van der Waals surface area contributed by atoms with Crippen LogP contribution in [0.2, 0.25) is 0 Å². The van der Waals surface area contributed by atoms with Crippen molar-refractivity contribution in [1.82, 2.24) is 0 Å². The molecule has 1 aromatic carbocycles. The van der Waals surface area contributed by atoms with Gasteiger partial charge in [-0.1, -0.05) is 0 Å². The number of halogens is 3. The van der Waals surface area contributed by atoms with E-state index in [0.29, 0.717) is 17.7 Å². The minimum atomic E-state index is -4.39. The number of aliphatic hydroxyl groups excluding tert-OH is 1. The van der Waals surface area contributed by atoms with Gasteiger partial charge in [-0.15, -0.1) is 0 Å². The second-order valence-corrected chi connectivity index (χ2v) is 7.36. The molecule has 0 spiro atoms. The van der Waals surface area contributed by atoms with Crippen LogP contribution >= 0.6 is 11.3 Å². The van der Waals surface area contributed by atoms with Gasteiger partial charge in [-0.2, -0.15) is 24.5 Å². The third kappa shape index (κ3) is 3.05. The van der Waals surface area contributed by atoms with Gasteiger partial charge in [0.1, 0.15) is 0 Å². The van der Waals surface area contributed by atoms with Gasteiger partial charge in [0.25, 0.3) is 0 Å². The van der Waals surface area contributed by atoms with Crippen molar-refractivity contribution in [3.05, 3.63) is 51.7 Å². The Hall–Kier alpha value is -1.57. The van der Waals surface area contributed by atoms with Crippen molar-refractivity contribution in [2.24, 2.45) is 5.92 Å². The van der Waals surface area contributed by atoms with E-state index in [0.717, 1.165) is 18.1 Å². The molecule has 134 valence electrons. The molecule has 2 aliphatic rings. The molecule has 2 aliphatic heterocycles. The molecule has 1 aromatic heterocycles. The highest BCUT2D eigenvalue weighted by atomic mass is 32.1. The highest BCUT2D eigenvalue weighted by Gasteiger charge is 2.43. The molecule has 2 N–H and O–H groups in total. The number of fused-ring (bicyclic) bond motifs is 3. The Bertz CT molecular complexity index is 747. The average molecular weight is 369 g/mol. The summed E-state index contributed by atoms with van der Waals surface area (Å²) in [6.45, 7) is -0.117. The largest absolute Gasteiger partial charge is 0.416 e. The summed E-state index contributed by atoms with van der Waals surface area (Å²) < 4.78 is 45.4. The van der Waals surface area contributed by atoms with E-state index in [4.69, 9.17) is 4.74 Å². The fraction of sp³-hybridized carbons (Fsp3) is 0.444. The molecule has 7 heteroatoms. The van der Waals surface area contributed by atoms with Crippen LogP contribution in [0.5, 0.6) is 0 Å². The number of hydrogen-bond donors (Lipinski definition) is 2. The van der Waals surface area contributed by atoms with Gasteiger partial charge in [0.15, 0.2) is 0 Å². The van der Waals surface area contributed by atoms with E-state index >= 15 is 0 Å². The van der Waals surface area contributed by atoms with Gasteiger partial charge in [0.05, 0.1) is 30.4 Å². The van der Waals surface area contributed by atoms with Crippen LogP contribution in [0.25, 0.3) is 0 Å². The molecular formula is C18H18F3NO2S. The second kappa shape index (κ2) is 6.30. The van der Waals surface area contributed by atoms with E-state index in [-0.39, 0.29) is 24.7 Å². The van der Waals surface area contributed by atoms with Crippen molar-refractivity contribution in [2.75, 3.05) is 11.9 Å². The number of anilines is 1. The van der Waals surface area contributed by atoms with E-state index in [1.165, 1.54) is 12.1 Å². The Balaban J connectivity index is 1.77. The molecule has 0 aliphatic carbocycles. The van der Waals surface area contributed by atoms with Crippen molar-refractivity contribution in [2.45, 2.75) is 37.3 Å². The number of hydrogen-bond acceptors (Lipinski definition) is 4. The summed E-state index contributed by atoms with van der Waals surface area (Å²) in [5.74, 6) is 0.0355. The van der Waals surface area contributed by atoms with Crippen molar-refractivity contribution in [3.8, 4) is 0 Å². The van der Waals surface area contributed by atoms with Gasteiger partial charge in [-0.3, -0.25) is 0 Å². The van der Waals surface area contributed by atoms with Crippen molar-refractivity contribution < 1.29 is 23.0 Å². The number of ether oxygens (including phenoxy) is 1. The van der Waals surface area contributed by atoms with Crippen LogP contribution in [0.15, 0.2) is 35.0 Å². The molecule has 1 fully saturated rings. The molecule has 0 amide bonds. The Morgan fingerprint density at radius 3 is 2.76 bits per heavy atom. The molecule has 0 unspecified atom stereocenters. The standard InChI is InChI=1S/C18H18F3NO2S/c19-18(20,21)11-1-4-15-14(7-11)17-13(3-2-12(8-23)24-17)16(22-15)10-5-6-25-9-10/h1,4-7,9,12-13,16-17,22-23H,2-3,8H2/t12-,13+,16+,17+/m1/s1. The summed E-state index contributed by atoms with van der Waals surface area (Å²) in [4.78, 5) is 0. The monoisotopic (exact) mass is 369 g/mol. The first kappa shape index (κ1) is 16.9. The zero-order valence-electron chi connectivity index (χ0n) is 13.3. The van der Waals surface area contributed by atoms with E-state index < -0.39 is 17.8 Å². The molecular weight excluding hydrogens is 351 g/mol. The van der Waals surface area contributed by atoms with Crippen molar-refractivity contribution >= 4 is 17.0 Å². The molecule has 25 heavy (non-hydrogen) atoms. The number of rotatable bonds is 2. The third-order valence-electron chi connectivity index (χ3n) is 5.08. The van der Waals surface area contributed by atoms with Crippen molar-refractivity contribution in [1.29, 1.82) is 0 Å². The van der Waals surface area contributed by atoms with Crippen LogP contribution in [-0.2, 0) is 10.9 Å². The zero-order valence-corrected chi connectivity index (χ0v) is 14.1. The first-order chi connectivity index (χ1) is 12.0. The Labute approximate surface area is 147 Å². The SMILES string of the molecule is OC[C@H]1CC[C@@H]2[C@H](O1)c1cc(C(F)(F)F)ccc1N[C@H]2c1ccsc1. The van der Waals surface area contributed by atoms with Crippen LogP contribution in [0, 0.1) is 5.92 Å². The Morgan fingerprint density at radius 1 is 1.24 bits per heavy atom. The summed E-state index contributed by atoms with van der Waals surface area (Å²) in [5.41, 5.74) is 1.65. The number of alkyl halides is 3. The maximum Gasteiger partial charge on any atom is 0.416 e. The molecule has 4 atom stereocenters. The van der Waals surface area contributed by atoms with Gasteiger partial charge in [0.2, 0.25) is 0 Å². The van der Waals surface area contributed by atoms with Crippen LogP contribution in [0.3, 0.4) is 0 Å². The molecule has 4 rings (SSSR count). The molecule has 0 bridgehead atoms. The van der Waals surface area contributed by atoms with Crippen molar-refractivity contribution in [3.63, 3.8) is 0 Å². The lowest BCUT2D eigenvalue weighted by atomic mass is 9.77. The highest BCUT2D eigenvalue weighted by Crippen LogP contribution is 2.51. The first-order valence-electron chi connectivity index (χ1n) is 8.23. The second-order valence-electron chi connectivity index (χ2n) is 6.58. The Kier molecular flexibility index (Phi) is 4.25. The summed E-state index contributed by atoms with van der Waals surface area (Å²) >= 11 is 1.60. The normalized spacial score (nSPS) is 28.8. The first-order valence-corrected chi connectivity index (χ1v) is 9.17. The molecule has 1 saturated heterocycles. The van der Waals surface area contributed by atoms with Crippen LogP contribution < -0.4 is 5.32 Å². The smallest absolute Gasteiger partial charge is 0.394 e. The van der Waals surface area contributed by atoms with Gasteiger partial charge in [-0.25, -0.2) is 0 Å². The summed E-state index contributed by atoms with van der Waals surface area (Å²) in [7, 11) is 0. The number of thiophene rings is 1. The predicted octanol–water partition coefficient (Wildman–Crippen LogP) is 4.76. The number of benzene rings is 1. The fourth-order valence-electron chi connectivity index (χ4n) is 3.85. The molecule has 3 heterocycles. The average Bonchev–Trinajstić information content (AvgIpc) is 3.13. The van der Waals surface area contributed by atoms with Crippen LogP contribution in [-0.4, -0.2) is 17.8 Å². The maximum absolute atomic E-state index is 13.1. The summed E-state index contributed by atoms with van der Waals surface area (Å²) in [6.07, 6.45) is -3.67. The topological polar surface area (TPSA) is 41.5 Å². The lowest BCUT2D eigenvalue weighted by molar-refractivity contribution is -0.138. The fourth-order valence-corrected chi connectivity index (χ4v) is 4.55. The molecule has 2 aromatic rings. The van der Waals surface area contributed by atoms with Gasteiger partial charge < -0.3 is 15.2 Å². The van der Waals surface area contributed by atoms with E-state index in [9.17, 15) is 18.3 Å². The van der Waals surface area contributed by atoms with E-state index in [1.807, 2.05) is 11.4 Å². The van der Waals surface area contributed by atoms with E-state index in [1.54, 1.807) is 11.3 Å². The highest BCUT2D eigenvalue weighted by molar-refractivity contribution is 7.08. The maximum atomic E-state index is 13.1. The van der Waals surface area contributed by atoms with Gasteiger partial charge >= 0.3 is 6.18 Å². The predicted molar refractivity (Wildman–Crippen MR) is 89.6 cm³/mol. The molecule has 3 nitrogen and oxygen atoms in total. The lowest BCUT2D eigenvalue weighted by Gasteiger charge is -2.45. The molecule has 0 radical (unpaired) electrons. The number of aliphatic hydroxyl groups is 1. The minimum Gasteiger partial charge on any atom is -0.394 e. The zero-order chi connectivity index (χ0) is 17.6. The Morgan fingerprint density at radius 2 is 2.08 bits per heavy atom.